The van der Waals surface area contributed by atoms with E-state index in [1.54, 1.807) is 46.4 Å². The summed E-state index contributed by atoms with van der Waals surface area (Å²) in [7, 11) is 0. The van der Waals surface area contributed by atoms with Gasteiger partial charge < -0.3 is 18.9 Å². The van der Waals surface area contributed by atoms with E-state index < -0.39 is 0 Å². The highest BCUT2D eigenvalue weighted by atomic mass is 16.6. The number of rotatable bonds is 8. The van der Waals surface area contributed by atoms with Crippen molar-refractivity contribution in [1.82, 2.24) is 39.1 Å². The average Bonchev–Trinajstić information content (AvgIpc) is 4.04. The molecule has 0 spiro atoms. The molecule has 8 atom stereocenters. The van der Waals surface area contributed by atoms with Gasteiger partial charge in [0.1, 0.15) is 47.6 Å². The van der Waals surface area contributed by atoms with E-state index in [-0.39, 0.29) is 66.6 Å². The quantitative estimate of drug-likeness (QED) is 0.130. The van der Waals surface area contributed by atoms with E-state index in [4.69, 9.17) is 18.9 Å². The molecule has 4 aromatic heterocycles. The Morgan fingerprint density at radius 3 is 0.750 bits per heavy atom. The lowest BCUT2D eigenvalue weighted by atomic mass is 9.98. The van der Waals surface area contributed by atoms with Crippen molar-refractivity contribution in [2.24, 2.45) is 23.7 Å². The number of hydrogen-bond acceptors (Lipinski definition) is 16. The Hall–Kier alpha value is -5.72. The molecule has 0 N–H and O–H groups in total. The predicted molar refractivity (Wildman–Crippen MR) is 229 cm³/mol. The van der Waals surface area contributed by atoms with Crippen LogP contribution in [0, 0.1) is 91.8 Å². The summed E-state index contributed by atoms with van der Waals surface area (Å²) in [5.41, 5.74) is 2.90. The molecule has 0 amide bonds. The number of ether oxygens (including phenoxy) is 4. The standard InChI is InChI=1S/4C10H15N3O3/c4*1-7-6-16-4-3-9(7)12-8(2)10(5-11-12)13(14)15/h4*5,7,9H,3-4,6H2,1-2H3. The lowest BCUT2D eigenvalue weighted by Gasteiger charge is -2.29. The maximum absolute atomic E-state index is 10.7. The minimum Gasteiger partial charge on any atom is -0.381 e. The topological polar surface area (TPSA) is 281 Å². The van der Waals surface area contributed by atoms with Gasteiger partial charge in [-0.25, -0.2) is 0 Å². The van der Waals surface area contributed by atoms with Crippen molar-refractivity contribution in [3.05, 3.63) is 88.0 Å². The minimum atomic E-state index is -0.386. The lowest BCUT2D eigenvalue weighted by Crippen LogP contribution is -2.29. The highest BCUT2D eigenvalue weighted by Crippen LogP contribution is 2.33. The fourth-order valence-electron chi connectivity index (χ4n) is 8.64. The summed E-state index contributed by atoms with van der Waals surface area (Å²) >= 11 is 0. The number of nitro groups is 4. The van der Waals surface area contributed by atoms with Gasteiger partial charge in [0, 0.05) is 50.1 Å². The second kappa shape index (κ2) is 22.3. The maximum atomic E-state index is 10.7. The van der Waals surface area contributed by atoms with Crippen LogP contribution in [-0.4, -0.2) is 112 Å². The molecule has 64 heavy (non-hydrogen) atoms. The van der Waals surface area contributed by atoms with Crippen molar-refractivity contribution < 1.29 is 38.6 Å². The highest BCUT2D eigenvalue weighted by Gasteiger charge is 2.32. The van der Waals surface area contributed by atoms with Crippen LogP contribution in [0.4, 0.5) is 22.7 Å². The highest BCUT2D eigenvalue weighted by molar-refractivity contribution is 5.34. The molecule has 8 unspecified atom stereocenters. The molecule has 0 aliphatic carbocycles. The first-order chi connectivity index (χ1) is 30.4. The smallest absolute Gasteiger partial charge is 0.309 e. The molecule has 0 bridgehead atoms. The Morgan fingerprint density at radius 2 is 0.609 bits per heavy atom. The van der Waals surface area contributed by atoms with Crippen LogP contribution in [0.25, 0.3) is 0 Å². The fraction of sp³-hybridized carbons (Fsp3) is 0.700. The van der Waals surface area contributed by atoms with Crippen LogP contribution in [0.15, 0.2) is 24.8 Å². The van der Waals surface area contributed by atoms with Gasteiger partial charge in [0.25, 0.3) is 0 Å². The first-order valence-electron chi connectivity index (χ1n) is 21.5. The molecular weight excluding hydrogens is 841 g/mol. The van der Waals surface area contributed by atoms with E-state index in [0.717, 1.165) is 25.7 Å². The van der Waals surface area contributed by atoms with E-state index >= 15 is 0 Å². The summed E-state index contributed by atoms with van der Waals surface area (Å²) in [4.78, 5) is 41.4. The summed E-state index contributed by atoms with van der Waals surface area (Å²) in [5.74, 6) is 1.36. The van der Waals surface area contributed by atoms with E-state index in [1.807, 2.05) is 0 Å². The van der Waals surface area contributed by atoms with E-state index in [2.05, 4.69) is 48.1 Å². The molecule has 352 valence electrons. The second-order valence-electron chi connectivity index (χ2n) is 16.9. The van der Waals surface area contributed by atoms with E-state index in [1.165, 1.54) is 24.8 Å². The van der Waals surface area contributed by atoms with Crippen molar-refractivity contribution in [2.75, 3.05) is 52.9 Å². The predicted octanol–water partition coefficient (Wildman–Crippen LogP) is 6.79. The van der Waals surface area contributed by atoms with Gasteiger partial charge in [-0.15, -0.1) is 0 Å². The maximum Gasteiger partial charge on any atom is 0.309 e. The first kappa shape index (κ1) is 49.3. The zero-order chi connectivity index (χ0) is 46.8. The van der Waals surface area contributed by atoms with Gasteiger partial charge in [-0.05, 0) is 53.4 Å². The molecule has 4 aromatic rings. The molecule has 0 aromatic carbocycles. The third kappa shape index (κ3) is 11.5. The molecule has 4 aliphatic heterocycles. The van der Waals surface area contributed by atoms with Gasteiger partial charge in [-0.1, -0.05) is 27.7 Å². The van der Waals surface area contributed by atoms with Crippen molar-refractivity contribution in [3.8, 4) is 0 Å². The molecule has 24 nitrogen and oxygen atoms in total. The minimum absolute atomic E-state index is 0.0960. The number of nitrogens with zero attached hydrogens (tertiary/aromatic N) is 12. The van der Waals surface area contributed by atoms with Gasteiger partial charge >= 0.3 is 22.7 Å². The summed E-state index contributed by atoms with van der Waals surface area (Å²) in [6.45, 7) is 20.8. The third-order valence-corrected chi connectivity index (χ3v) is 12.5. The van der Waals surface area contributed by atoms with Crippen LogP contribution in [-0.2, 0) is 18.9 Å². The van der Waals surface area contributed by atoms with Crippen LogP contribution in [0.1, 0.15) is 100 Å². The molecule has 4 aliphatic rings. The zero-order valence-electron chi connectivity index (χ0n) is 37.7. The van der Waals surface area contributed by atoms with Crippen molar-refractivity contribution in [1.29, 1.82) is 0 Å². The Labute approximate surface area is 369 Å². The van der Waals surface area contributed by atoms with Crippen molar-refractivity contribution >= 4 is 22.7 Å². The van der Waals surface area contributed by atoms with E-state index in [9.17, 15) is 40.5 Å². The van der Waals surface area contributed by atoms with Gasteiger partial charge in [-0.2, -0.15) is 20.4 Å². The molecule has 8 heterocycles. The number of aromatic nitrogens is 8. The summed E-state index contributed by atoms with van der Waals surface area (Å²) < 4.78 is 28.5. The SMILES string of the molecule is Cc1c([N+](=O)[O-])cnn1C1CCOCC1C.Cc1c([N+](=O)[O-])cnn1C1CCOCC1C.Cc1c([N+](=O)[O-])cnn1C1CCOCC1C.Cc1c([N+](=O)[O-])cnn1C1CCOCC1C. The lowest BCUT2D eigenvalue weighted by molar-refractivity contribution is -0.385. The third-order valence-electron chi connectivity index (χ3n) is 12.5. The molecule has 24 heteroatoms. The normalized spacial score (nSPS) is 25.6. The van der Waals surface area contributed by atoms with Crippen molar-refractivity contribution in [3.63, 3.8) is 0 Å². The summed E-state index contributed by atoms with van der Waals surface area (Å²) in [6.07, 6.45) is 8.77. The van der Waals surface area contributed by atoms with Crippen molar-refractivity contribution in [2.45, 2.75) is 105 Å². The van der Waals surface area contributed by atoms with Gasteiger partial charge in [-0.3, -0.25) is 59.2 Å². The van der Waals surface area contributed by atoms with Gasteiger partial charge in [0.15, 0.2) is 0 Å². The van der Waals surface area contributed by atoms with Crippen LogP contribution < -0.4 is 0 Å². The first-order valence-corrected chi connectivity index (χ1v) is 21.5. The van der Waals surface area contributed by atoms with Crippen LogP contribution in [0.5, 0.6) is 0 Å². The number of hydrogen-bond donors (Lipinski definition) is 0. The molecule has 8 rings (SSSR count). The zero-order valence-corrected chi connectivity index (χ0v) is 37.7. The van der Waals surface area contributed by atoms with E-state index in [0.29, 0.717) is 99.3 Å². The molecule has 0 radical (unpaired) electrons. The average molecular weight is 901 g/mol. The summed E-state index contributed by atoms with van der Waals surface area (Å²) in [5, 5.41) is 59.4. The molecular formula is C40H60N12O12. The van der Waals surface area contributed by atoms with Gasteiger partial charge in [0.2, 0.25) is 0 Å². The van der Waals surface area contributed by atoms with Gasteiger partial charge in [0.05, 0.1) is 70.3 Å². The second-order valence-corrected chi connectivity index (χ2v) is 16.9. The monoisotopic (exact) mass is 900 g/mol. The summed E-state index contributed by atoms with van der Waals surface area (Å²) in [6, 6.07) is 0.842. The molecule has 0 saturated carbocycles. The van der Waals surface area contributed by atoms with Crippen LogP contribution in [0.3, 0.4) is 0 Å². The Bertz CT molecular complexity index is 1910. The Morgan fingerprint density at radius 1 is 0.422 bits per heavy atom. The molecule has 4 fully saturated rings. The Balaban J connectivity index is 0.000000161. The van der Waals surface area contributed by atoms with Crippen LogP contribution in [0.2, 0.25) is 0 Å². The Kier molecular flexibility index (Phi) is 17.1. The van der Waals surface area contributed by atoms with Crippen LogP contribution >= 0.6 is 0 Å². The molecule has 4 saturated heterocycles. The fourth-order valence-corrected chi connectivity index (χ4v) is 8.64. The largest absolute Gasteiger partial charge is 0.381 e.